The largest absolute Gasteiger partial charge is 0.457 e. The van der Waals surface area contributed by atoms with Gasteiger partial charge in [0, 0.05) is 24.7 Å². The van der Waals surface area contributed by atoms with Crippen LogP contribution in [0, 0.1) is 0 Å². The van der Waals surface area contributed by atoms with Crippen LogP contribution in [-0.4, -0.2) is 32.5 Å². The van der Waals surface area contributed by atoms with E-state index < -0.39 is 0 Å². The molecular weight excluding hydrogens is 364 g/mol. The van der Waals surface area contributed by atoms with Crippen molar-refractivity contribution >= 4 is 16.9 Å². The van der Waals surface area contributed by atoms with Gasteiger partial charge in [0.1, 0.15) is 11.5 Å². The number of amides is 1. The number of benzene rings is 2. The van der Waals surface area contributed by atoms with E-state index in [0.29, 0.717) is 19.5 Å². The Kier molecular flexibility index (Phi) is 4.44. The molecule has 0 saturated carbocycles. The zero-order chi connectivity index (χ0) is 19.6. The van der Waals surface area contributed by atoms with Crippen LogP contribution < -0.4 is 4.74 Å². The van der Waals surface area contributed by atoms with Crippen LogP contribution >= 0.6 is 0 Å². The van der Waals surface area contributed by atoms with Crippen molar-refractivity contribution in [2.24, 2.45) is 0 Å². The van der Waals surface area contributed by atoms with Gasteiger partial charge >= 0.3 is 0 Å². The number of H-pyrrole nitrogens is 1. The summed E-state index contributed by atoms with van der Waals surface area (Å²) in [7, 11) is 0. The summed E-state index contributed by atoms with van der Waals surface area (Å²) in [5.41, 5.74) is 4.09. The monoisotopic (exact) mass is 384 g/mol. The lowest BCUT2D eigenvalue weighted by Crippen LogP contribution is -2.37. The Labute approximate surface area is 168 Å². The van der Waals surface area contributed by atoms with E-state index in [2.05, 4.69) is 15.2 Å². The van der Waals surface area contributed by atoms with Gasteiger partial charge in [0.25, 0.3) is 0 Å². The van der Waals surface area contributed by atoms with Crippen molar-refractivity contribution in [2.75, 3.05) is 6.54 Å². The third-order valence-corrected chi connectivity index (χ3v) is 5.26. The van der Waals surface area contributed by atoms with Gasteiger partial charge in [0.15, 0.2) is 5.65 Å². The van der Waals surface area contributed by atoms with Crippen LogP contribution in [-0.2, 0) is 24.2 Å². The molecule has 144 valence electrons. The van der Waals surface area contributed by atoms with Gasteiger partial charge in [-0.1, -0.05) is 30.3 Å². The zero-order valence-electron chi connectivity index (χ0n) is 15.8. The zero-order valence-corrected chi connectivity index (χ0v) is 15.8. The molecule has 0 radical (unpaired) electrons. The Balaban J connectivity index is 1.29. The fourth-order valence-electron chi connectivity index (χ4n) is 3.80. The molecule has 6 nitrogen and oxygen atoms in total. The molecule has 0 spiro atoms. The molecule has 4 aromatic rings. The second-order valence-corrected chi connectivity index (χ2v) is 7.20. The molecule has 1 aliphatic rings. The predicted octanol–water partition coefficient (Wildman–Crippen LogP) is 3.88. The van der Waals surface area contributed by atoms with E-state index in [0.717, 1.165) is 40.1 Å². The third kappa shape index (κ3) is 3.57. The number of aromatic amines is 1. The van der Waals surface area contributed by atoms with Gasteiger partial charge in [-0.3, -0.25) is 9.89 Å². The second-order valence-electron chi connectivity index (χ2n) is 7.20. The lowest BCUT2D eigenvalue weighted by molar-refractivity contribution is -0.131. The van der Waals surface area contributed by atoms with Crippen LogP contribution in [0.4, 0.5) is 0 Å². The van der Waals surface area contributed by atoms with Gasteiger partial charge in [-0.15, -0.1) is 0 Å². The van der Waals surface area contributed by atoms with Crippen LogP contribution in [0.5, 0.6) is 11.5 Å². The summed E-state index contributed by atoms with van der Waals surface area (Å²) in [4.78, 5) is 19.2. The normalized spacial score (nSPS) is 13.3. The van der Waals surface area contributed by atoms with Crippen LogP contribution in [0.15, 0.2) is 67.0 Å². The number of carbonyl (C=O) groups is 1. The van der Waals surface area contributed by atoms with E-state index in [9.17, 15) is 4.79 Å². The highest BCUT2D eigenvalue weighted by atomic mass is 16.5. The maximum absolute atomic E-state index is 12.9. The minimum Gasteiger partial charge on any atom is -0.457 e. The summed E-state index contributed by atoms with van der Waals surface area (Å²) < 4.78 is 5.88. The maximum Gasteiger partial charge on any atom is 0.227 e. The van der Waals surface area contributed by atoms with Crippen molar-refractivity contribution < 1.29 is 9.53 Å². The second kappa shape index (κ2) is 7.39. The fraction of sp³-hybridized carbons (Fsp3) is 0.174. The smallest absolute Gasteiger partial charge is 0.227 e. The van der Waals surface area contributed by atoms with Crippen LogP contribution in [0.3, 0.4) is 0 Å². The topological polar surface area (TPSA) is 71.1 Å². The number of nitrogens with zero attached hydrogens (tertiary/aromatic N) is 3. The standard InChI is InChI=1S/C23H20N4O2/c28-22(12-16-5-4-8-19(11-16)29-18-6-2-1-3-7-18)27-10-9-20-17(15-27)13-24-23-21(20)14-25-26-23/h1-8,11,13-14H,9-10,12,15H2,(H,24,25,26). The van der Waals surface area contributed by atoms with Crippen LogP contribution in [0.25, 0.3) is 11.0 Å². The molecule has 3 heterocycles. The average molecular weight is 384 g/mol. The highest BCUT2D eigenvalue weighted by Gasteiger charge is 2.23. The van der Waals surface area contributed by atoms with Crippen molar-refractivity contribution in [3.63, 3.8) is 0 Å². The van der Waals surface area contributed by atoms with Crippen molar-refractivity contribution in [1.29, 1.82) is 0 Å². The molecule has 29 heavy (non-hydrogen) atoms. The van der Waals surface area contributed by atoms with E-state index in [1.165, 1.54) is 5.56 Å². The Morgan fingerprint density at radius 2 is 1.93 bits per heavy atom. The number of rotatable bonds is 4. The van der Waals surface area contributed by atoms with E-state index in [1.807, 2.05) is 71.9 Å². The number of pyridine rings is 1. The molecule has 0 saturated heterocycles. The Morgan fingerprint density at radius 1 is 1.07 bits per heavy atom. The number of fused-ring (bicyclic) bond motifs is 3. The Hall–Kier alpha value is -3.67. The van der Waals surface area contributed by atoms with Gasteiger partial charge in [-0.25, -0.2) is 4.98 Å². The van der Waals surface area contributed by atoms with Crippen LogP contribution in [0.1, 0.15) is 16.7 Å². The first-order valence-corrected chi connectivity index (χ1v) is 9.66. The number of nitrogens with one attached hydrogen (secondary N) is 1. The van der Waals surface area contributed by atoms with Crippen molar-refractivity contribution in [2.45, 2.75) is 19.4 Å². The summed E-state index contributed by atoms with van der Waals surface area (Å²) in [6.07, 6.45) is 4.83. The van der Waals surface area contributed by atoms with E-state index >= 15 is 0 Å². The summed E-state index contributed by atoms with van der Waals surface area (Å²) in [6, 6.07) is 17.4. The SMILES string of the molecule is O=C(Cc1cccc(Oc2ccccc2)c1)N1CCc2c(cnc3[nH]ncc23)C1. The molecule has 2 aromatic heterocycles. The summed E-state index contributed by atoms with van der Waals surface area (Å²) in [5.74, 6) is 1.62. The Bertz CT molecular complexity index is 1170. The van der Waals surface area contributed by atoms with Crippen molar-refractivity contribution in [3.8, 4) is 11.5 Å². The first-order valence-electron chi connectivity index (χ1n) is 9.66. The van der Waals surface area contributed by atoms with Crippen LogP contribution in [0.2, 0.25) is 0 Å². The Morgan fingerprint density at radius 3 is 2.83 bits per heavy atom. The van der Waals surface area contributed by atoms with Gasteiger partial charge in [-0.05, 0) is 47.4 Å². The molecular formula is C23H20N4O2. The number of para-hydroxylation sites is 1. The van der Waals surface area contributed by atoms with Crippen molar-refractivity contribution in [1.82, 2.24) is 20.1 Å². The van der Waals surface area contributed by atoms with Gasteiger partial charge in [-0.2, -0.15) is 5.10 Å². The molecule has 2 aromatic carbocycles. The summed E-state index contributed by atoms with van der Waals surface area (Å²) >= 11 is 0. The van der Waals surface area contributed by atoms with Gasteiger partial charge < -0.3 is 9.64 Å². The summed E-state index contributed by atoms with van der Waals surface area (Å²) in [6.45, 7) is 1.29. The molecule has 1 amide bonds. The molecule has 5 rings (SSSR count). The number of carbonyl (C=O) groups excluding carboxylic acids is 1. The summed E-state index contributed by atoms with van der Waals surface area (Å²) in [5, 5.41) is 8.04. The fourth-order valence-corrected chi connectivity index (χ4v) is 3.80. The van der Waals surface area contributed by atoms with E-state index in [-0.39, 0.29) is 5.91 Å². The maximum atomic E-state index is 12.9. The van der Waals surface area contributed by atoms with Gasteiger partial charge in [0.2, 0.25) is 5.91 Å². The quantitative estimate of drug-likeness (QED) is 0.580. The highest BCUT2D eigenvalue weighted by molar-refractivity contribution is 5.82. The molecule has 1 N–H and O–H groups in total. The van der Waals surface area contributed by atoms with Crippen molar-refractivity contribution in [3.05, 3.63) is 83.7 Å². The number of hydrogen-bond acceptors (Lipinski definition) is 4. The molecule has 0 bridgehead atoms. The first kappa shape index (κ1) is 17.4. The number of hydrogen-bond donors (Lipinski definition) is 1. The van der Waals surface area contributed by atoms with Gasteiger partial charge in [0.05, 0.1) is 12.6 Å². The molecule has 0 atom stereocenters. The number of ether oxygens (including phenoxy) is 1. The minimum atomic E-state index is 0.111. The molecule has 0 unspecified atom stereocenters. The molecule has 1 aliphatic heterocycles. The number of aromatic nitrogens is 3. The van der Waals surface area contributed by atoms with E-state index in [4.69, 9.17) is 4.74 Å². The molecule has 0 fully saturated rings. The lowest BCUT2D eigenvalue weighted by Gasteiger charge is -2.29. The minimum absolute atomic E-state index is 0.111. The third-order valence-electron chi connectivity index (χ3n) is 5.26. The predicted molar refractivity (Wildman–Crippen MR) is 110 cm³/mol. The first-order chi connectivity index (χ1) is 14.3. The average Bonchev–Trinajstić information content (AvgIpc) is 3.24. The van der Waals surface area contributed by atoms with E-state index in [1.54, 1.807) is 0 Å². The highest BCUT2D eigenvalue weighted by Crippen LogP contribution is 2.26. The molecule has 6 heteroatoms. The molecule has 0 aliphatic carbocycles. The lowest BCUT2D eigenvalue weighted by atomic mass is 9.98.